The maximum atomic E-state index is 3.92. The van der Waals surface area contributed by atoms with Crippen LogP contribution in [0, 0.1) is 0 Å². The van der Waals surface area contributed by atoms with E-state index in [0.717, 1.165) is 18.8 Å². The molecule has 0 spiro atoms. The molecular weight excluding hydrogens is 212 g/mol. The van der Waals surface area contributed by atoms with Crippen LogP contribution in [0.1, 0.15) is 11.3 Å². The van der Waals surface area contributed by atoms with E-state index in [2.05, 4.69) is 44.9 Å². The number of fused-ring (bicyclic) bond motifs is 1. The van der Waals surface area contributed by atoms with E-state index < -0.39 is 0 Å². The molecule has 4 heteroatoms. The minimum atomic E-state index is 0.805. The van der Waals surface area contributed by atoms with Crippen LogP contribution >= 0.6 is 0 Å². The maximum absolute atomic E-state index is 3.92. The highest BCUT2D eigenvalue weighted by Gasteiger charge is 2.02. The summed E-state index contributed by atoms with van der Waals surface area (Å²) in [6.07, 6.45) is 3.83. The molecule has 2 aromatic heterocycles. The number of aromatic amines is 2. The minimum absolute atomic E-state index is 0.805. The van der Waals surface area contributed by atoms with E-state index in [9.17, 15) is 0 Å². The van der Waals surface area contributed by atoms with Gasteiger partial charge in [0.15, 0.2) is 0 Å². The fourth-order valence-corrected chi connectivity index (χ4v) is 1.99. The highest BCUT2D eigenvalue weighted by Crippen LogP contribution is 2.17. The van der Waals surface area contributed by atoms with Crippen LogP contribution in [0.4, 0.5) is 0 Å². The van der Waals surface area contributed by atoms with Gasteiger partial charge in [0.05, 0.1) is 0 Å². The first-order valence-electron chi connectivity index (χ1n) is 5.67. The Hall–Kier alpha value is -2.07. The summed E-state index contributed by atoms with van der Waals surface area (Å²) in [4.78, 5) is 3.27. The van der Waals surface area contributed by atoms with E-state index in [1.165, 1.54) is 16.5 Å². The Morgan fingerprint density at radius 1 is 1.12 bits per heavy atom. The second-order valence-electron chi connectivity index (χ2n) is 4.04. The molecule has 0 fully saturated rings. The van der Waals surface area contributed by atoms with Gasteiger partial charge in [-0.2, -0.15) is 5.10 Å². The highest BCUT2D eigenvalue weighted by atomic mass is 15.1. The Labute approximate surface area is 99.1 Å². The molecule has 3 aromatic rings. The summed E-state index contributed by atoms with van der Waals surface area (Å²) in [7, 11) is 0. The molecule has 0 radical (unpaired) electrons. The zero-order chi connectivity index (χ0) is 11.5. The molecule has 0 saturated heterocycles. The highest BCUT2D eigenvalue weighted by molar-refractivity contribution is 5.82. The quantitative estimate of drug-likeness (QED) is 0.638. The molecule has 0 aliphatic heterocycles. The van der Waals surface area contributed by atoms with Gasteiger partial charge in [-0.15, -0.1) is 0 Å². The van der Waals surface area contributed by atoms with Crippen LogP contribution in [0.3, 0.4) is 0 Å². The number of rotatable bonds is 4. The number of aromatic nitrogens is 3. The van der Waals surface area contributed by atoms with Gasteiger partial charge in [0.1, 0.15) is 0 Å². The SMILES string of the molecule is c1ccc2c(CNCc3ccn[nH]3)c[nH]c2c1. The number of benzene rings is 1. The van der Waals surface area contributed by atoms with E-state index in [1.54, 1.807) is 6.20 Å². The summed E-state index contributed by atoms with van der Waals surface area (Å²) in [5.74, 6) is 0. The molecule has 0 amide bonds. The Morgan fingerprint density at radius 3 is 2.94 bits per heavy atom. The van der Waals surface area contributed by atoms with E-state index in [-0.39, 0.29) is 0 Å². The molecular formula is C13H14N4. The fourth-order valence-electron chi connectivity index (χ4n) is 1.99. The molecule has 0 aliphatic rings. The molecule has 0 saturated carbocycles. The largest absolute Gasteiger partial charge is 0.361 e. The average Bonchev–Trinajstić information content (AvgIpc) is 2.99. The van der Waals surface area contributed by atoms with E-state index in [1.807, 2.05) is 12.1 Å². The van der Waals surface area contributed by atoms with E-state index >= 15 is 0 Å². The third-order valence-corrected chi connectivity index (χ3v) is 2.86. The first-order chi connectivity index (χ1) is 8.43. The predicted molar refractivity (Wildman–Crippen MR) is 67.4 cm³/mol. The van der Waals surface area contributed by atoms with Gasteiger partial charge in [0.2, 0.25) is 0 Å². The van der Waals surface area contributed by atoms with Gasteiger partial charge in [0, 0.05) is 42.1 Å². The van der Waals surface area contributed by atoms with Crippen LogP contribution in [-0.4, -0.2) is 15.2 Å². The second kappa shape index (κ2) is 4.43. The van der Waals surface area contributed by atoms with Crippen LogP contribution in [0.2, 0.25) is 0 Å². The van der Waals surface area contributed by atoms with Crippen LogP contribution in [0.5, 0.6) is 0 Å². The lowest BCUT2D eigenvalue weighted by molar-refractivity contribution is 0.680. The molecule has 1 aromatic carbocycles. The Morgan fingerprint density at radius 2 is 2.06 bits per heavy atom. The molecule has 3 rings (SSSR count). The molecule has 4 nitrogen and oxygen atoms in total. The molecule has 17 heavy (non-hydrogen) atoms. The molecule has 86 valence electrons. The average molecular weight is 226 g/mol. The van der Waals surface area contributed by atoms with E-state index in [0.29, 0.717) is 0 Å². The van der Waals surface area contributed by atoms with Gasteiger partial charge >= 0.3 is 0 Å². The number of nitrogens with one attached hydrogen (secondary N) is 3. The molecule has 2 heterocycles. The van der Waals surface area contributed by atoms with Crippen molar-refractivity contribution in [2.75, 3.05) is 0 Å². The molecule has 0 aliphatic carbocycles. The molecule has 3 N–H and O–H groups in total. The lowest BCUT2D eigenvalue weighted by atomic mass is 10.2. The van der Waals surface area contributed by atoms with Crippen LogP contribution < -0.4 is 5.32 Å². The number of H-pyrrole nitrogens is 2. The first-order valence-corrected chi connectivity index (χ1v) is 5.67. The summed E-state index contributed by atoms with van der Waals surface area (Å²) in [5.41, 5.74) is 3.58. The van der Waals surface area contributed by atoms with Crippen LogP contribution in [0.25, 0.3) is 10.9 Å². The Kier molecular flexibility index (Phi) is 2.63. The Balaban J connectivity index is 1.69. The smallest absolute Gasteiger partial charge is 0.0490 e. The van der Waals surface area contributed by atoms with Crippen LogP contribution in [-0.2, 0) is 13.1 Å². The van der Waals surface area contributed by atoms with Crippen molar-refractivity contribution in [3.05, 3.63) is 54.0 Å². The van der Waals surface area contributed by atoms with Crippen molar-refractivity contribution in [1.29, 1.82) is 0 Å². The van der Waals surface area contributed by atoms with Gasteiger partial charge in [0.25, 0.3) is 0 Å². The van der Waals surface area contributed by atoms with Crippen molar-refractivity contribution < 1.29 is 0 Å². The van der Waals surface area contributed by atoms with Crippen molar-refractivity contribution in [2.24, 2.45) is 0 Å². The number of hydrogen-bond donors (Lipinski definition) is 3. The zero-order valence-electron chi connectivity index (χ0n) is 9.40. The normalized spacial score (nSPS) is 11.1. The standard InChI is InChI=1S/C13H14N4/c1-2-4-13-12(3-1)10(8-15-13)7-14-9-11-5-6-16-17-11/h1-6,8,14-15H,7,9H2,(H,16,17). The molecule has 0 bridgehead atoms. The van der Waals surface area contributed by atoms with Crippen molar-refractivity contribution in [2.45, 2.75) is 13.1 Å². The molecule has 0 unspecified atom stereocenters. The van der Waals surface area contributed by atoms with Crippen molar-refractivity contribution >= 4 is 10.9 Å². The minimum Gasteiger partial charge on any atom is -0.361 e. The number of para-hydroxylation sites is 1. The maximum Gasteiger partial charge on any atom is 0.0490 e. The monoisotopic (exact) mass is 226 g/mol. The van der Waals surface area contributed by atoms with Crippen LogP contribution in [0.15, 0.2) is 42.7 Å². The van der Waals surface area contributed by atoms with E-state index in [4.69, 9.17) is 0 Å². The van der Waals surface area contributed by atoms with Gasteiger partial charge in [-0.05, 0) is 17.7 Å². The Bertz CT molecular complexity index is 595. The van der Waals surface area contributed by atoms with Gasteiger partial charge in [-0.3, -0.25) is 5.10 Å². The van der Waals surface area contributed by atoms with Crippen molar-refractivity contribution in [3.8, 4) is 0 Å². The summed E-state index contributed by atoms with van der Waals surface area (Å²) in [6, 6.07) is 10.3. The number of nitrogens with zero attached hydrogens (tertiary/aromatic N) is 1. The zero-order valence-corrected chi connectivity index (χ0v) is 9.40. The van der Waals surface area contributed by atoms with Gasteiger partial charge in [-0.1, -0.05) is 18.2 Å². The van der Waals surface area contributed by atoms with Gasteiger partial charge in [-0.25, -0.2) is 0 Å². The number of hydrogen-bond acceptors (Lipinski definition) is 2. The lowest BCUT2D eigenvalue weighted by Crippen LogP contribution is -2.12. The summed E-state index contributed by atoms with van der Waals surface area (Å²) < 4.78 is 0. The summed E-state index contributed by atoms with van der Waals surface area (Å²) in [5, 5.41) is 11.5. The second-order valence-corrected chi connectivity index (χ2v) is 4.04. The third-order valence-electron chi connectivity index (χ3n) is 2.86. The predicted octanol–water partition coefficient (Wildman–Crippen LogP) is 2.18. The summed E-state index contributed by atoms with van der Waals surface area (Å²) >= 11 is 0. The molecule has 0 atom stereocenters. The van der Waals surface area contributed by atoms with Gasteiger partial charge < -0.3 is 10.3 Å². The third kappa shape index (κ3) is 2.07. The fraction of sp³-hybridized carbons (Fsp3) is 0.154. The van der Waals surface area contributed by atoms with Crippen molar-refractivity contribution in [1.82, 2.24) is 20.5 Å². The lowest BCUT2D eigenvalue weighted by Gasteiger charge is -2.01. The topological polar surface area (TPSA) is 56.5 Å². The summed E-state index contributed by atoms with van der Waals surface area (Å²) in [6.45, 7) is 1.66. The van der Waals surface area contributed by atoms with Crippen molar-refractivity contribution in [3.63, 3.8) is 0 Å². The first kappa shape index (κ1) is 10.1.